The fraction of sp³-hybridized carbons (Fsp3) is 0.647. The van der Waals surface area contributed by atoms with Crippen LogP contribution >= 0.6 is 0 Å². The number of nitrogens with one attached hydrogen (secondary N) is 1. The predicted molar refractivity (Wildman–Crippen MR) is 85.4 cm³/mol. The zero-order valence-corrected chi connectivity index (χ0v) is 13.3. The second-order valence-electron chi connectivity index (χ2n) is 6.74. The Bertz CT molecular complexity index is 499. The predicted octanol–water partition coefficient (Wildman–Crippen LogP) is 3.94. The van der Waals surface area contributed by atoms with Crippen LogP contribution in [0.25, 0.3) is 0 Å². The molecule has 0 heterocycles. The third kappa shape index (κ3) is 3.62. The van der Waals surface area contributed by atoms with Crippen molar-refractivity contribution >= 4 is 5.69 Å². The zero-order chi connectivity index (χ0) is 15.5. The van der Waals surface area contributed by atoms with Crippen molar-refractivity contribution in [1.29, 1.82) is 0 Å². The molecule has 21 heavy (non-hydrogen) atoms. The summed E-state index contributed by atoms with van der Waals surface area (Å²) in [6.45, 7) is 7.66. The number of hydrogen-bond donors (Lipinski definition) is 1. The van der Waals surface area contributed by atoms with Crippen LogP contribution in [-0.2, 0) is 6.42 Å². The molecule has 4 heteroatoms. The summed E-state index contributed by atoms with van der Waals surface area (Å²) in [5.41, 5.74) is 1.41. The molecule has 2 atom stereocenters. The van der Waals surface area contributed by atoms with E-state index >= 15 is 0 Å². The van der Waals surface area contributed by atoms with Crippen LogP contribution < -0.4 is 5.32 Å². The van der Waals surface area contributed by atoms with Crippen LogP contribution in [0.1, 0.15) is 45.6 Å². The molecule has 4 nitrogen and oxygen atoms in total. The average molecular weight is 290 g/mol. The molecule has 2 unspecified atom stereocenters. The Labute approximate surface area is 127 Å². The van der Waals surface area contributed by atoms with Gasteiger partial charge in [0.1, 0.15) is 0 Å². The van der Waals surface area contributed by atoms with E-state index < -0.39 is 0 Å². The molecule has 0 aromatic heterocycles. The molecule has 1 aliphatic carbocycles. The Morgan fingerprint density at radius 1 is 1.43 bits per heavy atom. The molecule has 116 valence electrons. The molecule has 1 saturated carbocycles. The minimum atomic E-state index is -0.266. The zero-order valence-electron chi connectivity index (χ0n) is 13.3. The summed E-state index contributed by atoms with van der Waals surface area (Å²) in [6.07, 6.45) is 4.46. The maximum atomic E-state index is 11.2. The summed E-state index contributed by atoms with van der Waals surface area (Å²) in [6, 6.07) is 7.45. The van der Waals surface area contributed by atoms with Gasteiger partial charge in [0.2, 0.25) is 0 Å². The Morgan fingerprint density at radius 3 is 2.71 bits per heavy atom. The van der Waals surface area contributed by atoms with Crippen molar-refractivity contribution in [1.82, 2.24) is 5.32 Å². The van der Waals surface area contributed by atoms with E-state index in [0.717, 1.165) is 18.5 Å². The lowest BCUT2D eigenvalue weighted by molar-refractivity contribution is -0.385. The topological polar surface area (TPSA) is 55.2 Å². The van der Waals surface area contributed by atoms with E-state index in [-0.39, 0.29) is 10.6 Å². The third-order valence-electron chi connectivity index (χ3n) is 4.92. The Kier molecular flexibility index (Phi) is 4.99. The molecule has 0 aliphatic heterocycles. The van der Waals surface area contributed by atoms with Crippen LogP contribution in [0.5, 0.6) is 0 Å². The number of likely N-dealkylation sites (N-methyl/N-ethyl adjacent to an activating group) is 1. The number of rotatable bonds is 6. The van der Waals surface area contributed by atoms with Gasteiger partial charge in [0.15, 0.2) is 0 Å². The lowest BCUT2D eigenvalue weighted by Crippen LogP contribution is -2.42. The molecule has 1 aromatic carbocycles. The molecule has 0 saturated heterocycles. The van der Waals surface area contributed by atoms with Crippen LogP contribution in [0.3, 0.4) is 0 Å². The maximum absolute atomic E-state index is 11.2. The second-order valence-corrected chi connectivity index (χ2v) is 6.74. The molecule has 2 rings (SSSR count). The SMILES string of the molecule is CCNC(Cc1ccccc1[N+](=O)[O-])C1CCCC1(C)C. The first kappa shape index (κ1) is 16.0. The van der Waals surface area contributed by atoms with E-state index in [4.69, 9.17) is 0 Å². The van der Waals surface area contributed by atoms with Crippen molar-refractivity contribution in [3.05, 3.63) is 39.9 Å². The van der Waals surface area contributed by atoms with Gasteiger partial charge in [-0.3, -0.25) is 10.1 Å². The standard InChI is InChI=1S/C17H26N2O2/c1-4-18-15(14-9-7-11-17(14,2)3)12-13-8-5-6-10-16(13)19(20)21/h5-6,8,10,14-15,18H,4,7,9,11-12H2,1-3H3. The van der Waals surface area contributed by atoms with Crippen LogP contribution in [0.15, 0.2) is 24.3 Å². The van der Waals surface area contributed by atoms with E-state index in [2.05, 4.69) is 26.1 Å². The van der Waals surface area contributed by atoms with Crippen LogP contribution in [-0.4, -0.2) is 17.5 Å². The molecule has 1 N–H and O–H groups in total. The van der Waals surface area contributed by atoms with E-state index in [0.29, 0.717) is 17.4 Å². The van der Waals surface area contributed by atoms with Gasteiger partial charge in [-0.2, -0.15) is 0 Å². The van der Waals surface area contributed by atoms with Gasteiger partial charge in [0, 0.05) is 17.7 Å². The molecular formula is C17H26N2O2. The summed E-state index contributed by atoms with van der Waals surface area (Å²) >= 11 is 0. The van der Waals surface area contributed by atoms with Crippen molar-refractivity contribution in [2.24, 2.45) is 11.3 Å². The van der Waals surface area contributed by atoms with Crippen molar-refractivity contribution in [3.8, 4) is 0 Å². The maximum Gasteiger partial charge on any atom is 0.272 e. The van der Waals surface area contributed by atoms with Crippen molar-refractivity contribution in [2.45, 2.75) is 52.5 Å². The highest BCUT2D eigenvalue weighted by atomic mass is 16.6. The smallest absolute Gasteiger partial charge is 0.272 e. The summed E-state index contributed by atoms with van der Waals surface area (Å²) in [5, 5.41) is 14.8. The lowest BCUT2D eigenvalue weighted by Gasteiger charge is -2.34. The van der Waals surface area contributed by atoms with Gasteiger partial charge < -0.3 is 5.32 Å². The number of hydrogen-bond acceptors (Lipinski definition) is 3. The Morgan fingerprint density at radius 2 is 2.14 bits per heavy atom. The summed E-state index contributed by atoms with van der Waals surface area (Å²) in [7, 11) is 0. The highest BCUT2D eigenvalue weighted by Gasteiger charge is 2.39. The second kappa shape index (κ2) is 6.56. The quantitative estimate of drug-likeness (QED) is 0.637. The Hall–Kier alpha value is -1.42. The fourth-order valence-corrected chi connectivity index (χ4v) is 3.82. The molecule has 1 aromatic rings. The van der Waals surface area contributed by atoms with Crippen LogP contribution in [0.2, 0.25) is 0 Å². The third-order valence-corrected chi connectivity index (χ3v) is 4.92. The van der Waals surface area contributed by atoms with Crippen LogP contribution in [0.4, 0.5) is 5.69 Å². The minimum Gasteiger partial charge on any atom is -0.314 e. The van der Waals surface area contributed by atoms with Crippen molar-refractivity contribution in [2.75, 3.05) is 6.54 Å². The van der Waals surface area contributed by atoms with Gasteiger partial charge in [-0.05, 0) is 37.1 Å². The lowest BCUT2D eigenvalue weighted by atomic mass is 9.75. The van der Waals surface area contributed by atoms with Crippen molar-refractivity contribution in [3.63, 3.8) is 0 Å². The number of benzene rings is 1. The normalized spacial score (nSPS) is 22.1. The number of nitro groups is 1. The van der Waals surface area contributed by atoms with Gasteiger partial charge in [-0.25, -0.2) is 0 Å². The van der Waals surface area contributed by atoms with E-state index in [9.17, 15) is 10.1 Å². The first-order valence-electron chi connectivity index (χ1n) is 7.91. The molecule has 0 amide bonds. The highest BCUT2D eigenvalue weighted by molar-refractivity contribution is 5.40. The summed E-state index contributed by atoms with van der Waals surface area (Å²) in [5.74, 6) is 0.581. The largest absolute Gasteiger partial charge is 0.314 e. The first-order valence-corrected chi connectivity index (χ1v) is 7.91. The van der Waals surface area contributed by atoms with Crippen molar-refractivity contribution < 1.29 is 4.92 Å². The number of nitro benzene ring substituents is 1. The first-order chi connectivity index (χ1) is 9.95. The summed E-state index contributed by atoms with van der Waals surface area (Å²) in [4.78, 5) is 10.9. The van der Waals surface area contributed by atoms with Gasteiger partial charge in [0.05, 0.1) is 4.92 Å². The van der Waals surface area contributed by atoms with Gasteiger partial charge in [-0.1, -0.05) is 45.4 Å². The number of para-hydroxylation sites is 1. The molecular weight excluding hydrogens is 264 g/mol. The highest BCUT2D eigenvalue weighted by Crippen LogP contribution is 2.45. The Balaban J connectivity index is 2.23. The van der Waals surface area contributed by atoms with Crippen LogP contribution in [0, 0.1) is 21.4 Å². The minimum absolute atomic E-state index is 0.246. The van der Waals surface area contributed by atoms with Gasteiger partial charge in [-0.15, -0.1) is 0 Å². The fourth-order valence-electron chi connectivity index (χ4n) is 3.82. The molecule has 0 radical (unpaired) electrons. The average Bonchev–Trinajstić information content (AvgIpc) is 2.78. The number of nitrogens with zero attached hydrogens (tertiary/aromatic N) is 1. The monoisotopic (exact) mass is 290 g/mol. The van der Waals surface area contributed by atoms with E-state index in [1.54, 1.807) is 12.1 Å². The molecule has 1 aliphatic rings. The molecule has 0 bridgehead atoms. The molecule has 1 fully saturated rings. The van der Waals surface area contributed by atoms with Gasteiger partial charge in [0.25, 0.3) is 5.69 Å². The van der Waals surface area contributed by atoms with Gasteiger partial charge >= 0.3 is 0 Å². The van der Waals surface area contributed by atoms with E-state index in [1.165, 1.54) is 19.3 Å². The summed E-state index contributed by atoms with van der Waals surface area (Å²) < 4.78 is 0. The van der Waals surface area contributed by atoms with E-state index in [1.807, 2.05) is 12.1 Å². The molecule has 0 spiro atoms.